The highest BCUT2D eigenvalue weighted by Gasteiger charge is 2.19. The predicted octanol–water partition coefficient (Wildman–Crippen LogP) is 2.76. The summed E-state index contributed by atoms with van der Waals surface area (Å²) in [6.07, 6.45) is 0. The third kappa shape index (κ3) is 2.98. The van der Waals surface area contributed by atoms with Crippen molar-refractivity contribution in [1.82, 2.24) is 19.8 Å². The highest BCUT2D eigenvalue weighted by atomic mass is 32.1. The van der Waals surface area contributed by atoms with Crippen LogP contribution in [0.3, 0.4) is 0 Å². The fourth-order valence-corrected chi connectivity index (χ4v) is 2.32. The quantitative estimate of drug-likeness (QED) is 0.901. The highest BCUT2D eigenvalue weighted by molar-refractivity contribution is 7.08. The number of hydrogen-bond acceptors (Lipinski definition) is 5. The lowest BCUT2D eigenvalue weighted by Gasteiger charge is -2.03. The highest BCUT2D eigenvalue weighted by Crippen LogP contribution is 2.21. The Morgan fingerprint density at radius 3 is 2.63 bits per heavy atom. The van der Waals surface area contributed by atoms with Crippen LogP contribution in [0.5, 0.6) is 0 Å². The summed E-state index contributed by atoms with van der Waals surface area (Å²) in [5.74, 6) is 0.830. The van der Waals surface area contributed by atoms with Crippen LogP contribution in [0.15, 0.2) is 6.07 Å². The maximum Gasteiger partial charge on any atom is 0.270 e. The van der Waals surface area contributed by atoms with Crippen LogP contribution in [-0.4, -0.2) is 25.7 Å². The van der Waals surface area contributed by atoms with E-state index in [9.17, 15) is 4.79 Å². The van der Waals surface area contributed by atoms with Gasteiger partial charge in [-0.3, -0.25) is 9.89 Å². The van der Waals surface area contributed by atoms with Gasteiger partial charge in [-0.05, 0) is 23.4 Å². The number of nitrogens with one attached hydrogen (secondary N) is 2. The van der Waals surface area contributed by atoms with Crippen LogP contribution in [-0.2, 0) is 0 Å². The number of aromatic amines is 1. The molecular weight excluding hydrogens is 262 g/mol. The van der Waals surface area contributed by atoms with Crippen molar-refractivity contribution in [2.45, 2.75) is 39.5 Å². The minimum atomic E-state index is -0.208. The zero-order valence-electron chi connectivity index (χ0n) is 11.4. The van der Waals surface area contributed by atoms with Gasteiger partial charge in [0.05, 0.1) is 5.69 Å². The molecule has 2 aromatic heterocycles. The van der Waals surface area contributed by atoms with Crippen molar-refractivity contribution in [2.24, 2.45) is 0 Å². The first-order valence-electron chi connectivity index (χ1n) is 6.18. The van der Waals surface area contributed by atoms with E-state index in [4.69, 9.17) is 0 Å². The van der Waals surface area contributed by atoms with Crippen LogP contribution in [0.2, 0.25) is 0 Å². The molecule has 0 unspecified atom stereocenters. The molecule has 0 aromatic carbocycles. The van der Waals surface area contributed by atoms with Crippen LogP contribution in [0.4, 0.5) is 5.82 Å². The summed E-state index contributed by atoms with van der Waals surface area (Å²) in [5.41, 5.74) is 1.71. The first-order chi connectivity index (χ1) is 8.99. The third-order valence-electron chi connectivity index (χ3n) is 2.73. The fraction of sp³-hybridized carbons (Fsp3) is 0.500. The zero-order valence-corrected chi connectivity index (χ0v) is 12.2. The molecule has 1 amide bonds. The van der Waals surface area contributed by atoms with Gasteiger partial charge in [0.2, 0.25) is 0 Å². The van der Waals surface area contributed by atoms with E-state index in [-0.39, 0.29) is 11.8 Å². The Balaban J connectivity index is 2.14. The number of hydrogen-bond donors (Lipinski definition) is 2. The molecule has 0 saturated heterocycles. The van der Waals surface area contributed by atoms with Crippen LogP contribution in [0.1, 0.15) is 60.6 Å². The summed E-state index contributed by atoms with van der Waals surface area (Å²) in [5, 5.41) is 13.7. The number of H-pyrrole nitrogens is 1. The molecule has 0 aliphatic rings. The Labute approximate surface area is 115 Å². The van der Waals surface area contributed by atoms with Crippen molar-refractivity contribution >= 4 is 23.3 Å². The van der Waals surface area contributed by atoms with E-state index >= 15 is 0 Å². The standard InChI is InChI=1S/C12H17N5OS/c1-6(2)8-5-9(15-14-8)13-12(18)11-10(7(3)4)16-17-19-11/h5-7H,1-4H3,(H2,13,14,15,18). The van der Waals surface area contributed by atoms with E-state index < -0.39 is 0 Å². The minimum absolute atomic E-state index is 0.171. The Morgan fingerprint density at radius 2 is 2.05 bits per heavy atom. The lowest BCUT2D eigenvalue weighted by Crippen LogP contribution is -2.13. The molecule has 0 fully saturated rings. The SMILES string of the molecule is CC(C)c1cc(NC(=O)c2snnc2C(C)C)n[nH]1. The number of aromatic nitrogens is 4. The lowest BCUT2D eigenvalue weighted by atomic mass is 10.1. The van der Waals surface area contributed by atoms with Gasteiger partial charge in [-0.1, -0.05) is 32.2 Å². The van der Waals surface area contributed by atoms with Crippen molar-refractivity contribution in [3.8, 4) is 0 Å². The summed E-state index contributed by atoms with van der Waals surface area (Å²) in [6, 6.07) is 1.84. The van der Waals surface area contributed by atoms with E-state index in [1.807, 2.05) is 19.9 Å². The summed E-state index contributed by atoms with van der Waals surface area (Å²) in [4.78, 5) is 12.7. The Hall–Kier alpha value is -1.76. The van der Waals surface area contributed by atoms with Gasteiger partial charge in [0.15, 0.2) is 5.82 Å². The molecule has 102 valence electrons. The molecule has 0 saturated carbocycles. The largest absolute Gasteiger partial charge is 0.304 e. The predicted molar refractivity (Wildman–Crippen MR) is 74.6 cm³/mol. The molecule has 0 aliphatic heterocycles. The average Bonchev–Trinajstić information content (AvgIpc) is 2.96. The second-order valence-electron chi connectivity index (χ2n) is 4.96. The normalized spacial score (nSPS) is 11.3. The van der Waals surface area contributed by atoms with Crippen LogP contribution < -0.4 is 5.32 Å². The second-order valence-corrected chi connectivity index (χ2v) is 5.71. The molecule has 0 aliphatic carbocycles. The summed E-state index contributed by atoms with van der Waals surface area (Å²) in [7, 11) is 0. The van der Waals surface area contributed by atoms with E-state index in [1.165, 1.54) is 0 Å². The topological polar surface area (TPSA) is 83.6 Å². The maximum absolute atomic E-state index is 12.1. The number of amides is 1. The Morgan fingerprint density at radius 1 is 1.32 bits per heavy atom. The molecule has 0 bridgehead atoms. The zero-order chi connectivity index (χ0) is 14.0. The van der Waals surface area contributed by atoms with Crippen molar-refractivity contribution < 1.29 is 4.79 Å². The molecule has 7 heteroatoms. The van der Waals surface area contributed by atoms with Gasteiger partial charge in [-0.25, -0.2) is 0 Å². The first-order valence-corrected chi connectivity index (χ1v) is 6.95. The van der Waals surface area contributed by atoms with Crippen molar-refractivity contribution in [1.29, 1.82) is 0 Å². The molecular formula is C12H17N5OS. The summed E-state index contributed by atoms with van der Waals surface area (Å²) in [6.45, 7) is 8.09. The van der Waals surface area contributed by atoms with Crippen molar-refractivity contribution in [3.05, 3.63) is 22.3 Å². The molecule has 2 heterocycles. The minimum Gasteiger partial charge on any atom is -0.304 e. The average molecular weight is 279 g/mol. The number of carbonyl (C=O) groups excluding carboxylic acids is 1. The van der Waals surface area contributed by atoms with E-state index in [2.05, 4.69) is 38.9 Å². The number of carbonyl (C=O) groups is 1. The molecule has 19 heavy (non-hydrogen) atoms. The molecule has 2 aromatic rings. The first kappa shape index (κ1) is 13.7. The third-order valence-corrected chi connectivity index (χ3v) is 3.47. The number of rotatable bonds is 4. The molecule has 2 rings (SSSR count). The molecule has 2 N–H and O–H groups in total. The van der Waals surface area contributed by atoms with Gasteiger partial charge in [0.1, 0.15) is 4.88 Å². The maximum atomic E-state index is 12.1. The summed E-state index contributed by atoms with van der Waals surface area (Å²) < 4.78 is 3.84. The lowest BCUT2D eigenvalue weighted by molar-refractivity contribution is 0.102. The van der Waals surface area contributed by atoms with E-state index in [0.717, 1.165) is 22.9 Å². The molecule has 6 nitrogen and oxygen atoms in total. The van der Waals surface area contributed by atoms with Crippen molar-refractivity contribution in [2.75, 3.05) is 5.32 Å². The smallest absolute Gasteiger partial charge is 0.270 e. The number of nitrogens with zero attached hydrogens (tertiary/aromatic N) is 3. The fourth-order valence-electron chi connectivity index (χ4n) is 1.60. The molecule has 0 atom stereocenters. The van der Waals surface area contributed by atoms with Gasteiger partial charge in [0.25, 0.3) is 5.91 Å². The second kappa shape index (κ2) is 5.48. The van der Waals surface area contributed by atoms with E-state index in [0.29, 0.717) is 16.6 Å². The summed E-state index contributed by atoms with van der Waals surface area (Å²) >= 11 is 1.11. The van der Waals surface area contributed by atoms with Crippen LogP contribution in [0, 0.1) is 0 Å². The van der Waals surface area contributed by atoms with Crippen molar-refractivity contribution in [3.63, 3.8) is 0 Å². The molecule has 0 radical (unpaired) electrons. The van der Waals surface area contributed by atoms with Gasteiger partial charge in [0, 0.05) is 11.8 Å². The van der Waals surface area contributed by atoms with Crippen LogP contribution >= 0.6 is 11.5 Å². The number of anilines is 1. The van der Waals surface area contributed by atoms with E-state index in [1.54, 1.807) is 0 Å². The van der Waals surface area contributed by atoms with Gasteiger partial charge >= 0.3 is 0 Å². The van der Waals surface area contributed by atoms with Gasteiger partial charge in [-0.15, -0.1) is 5.10 Å². The monoisotopic (exact) mass is 279 g/mol. The van der Waals surface area contributed by atoms with Gasteiger partial charge < -0.3 is 5.32 Å². The Kier molecular flexibility index (Phi) is 3.94. The van der Waals surface area contributed by atoms with Gasteiger partial charge in [-0.2, -0.15) is 5.10 Å². The van der Waals surface area contributed by atoms with Crippen LogP contribution in [0.25, 0.3) is 0 Å². The Bertz CT molecular complexity index is 572. The molecule has 0 spiro atoms.